The molecule has 1 aromatic rings. The number of hydrogen-bond acceptors (Lipinski definition) is 1. The van der Waals surface area contributed by atoms with Crippen LogP contribution in [0.2, 0.25) is 0 Å². The van der Waals surface area contributed by atoms with Gasteiger partial charge in [0.15, 0.2) is 0 Å². The van der Waals surface area contributed by atoms with Crippen molar-refractivity contribution in [2.45, 2.75) is 38.5 Å². The van der Waals surface area contributed by atoms with Crippen LogP contribution in [0.3, 0.4) is 0 Å². The Morgan fingerprint density at radius 2 is 1.87 bits per heavy atom. The molecule has 0 radical (unpaired) electrons. The standard InChI is InChI=1S/C13H19FO/c1-2-3-4-5-12(10-15)11-6-8-13(14)9-7-11/h6-9,12,15H,2-5,10H2,1H3. The molecule has 1 N–H and O–H groups in total. The molecular weight excluding hydrogens is 191 g/mol. The number of hydrogen-bond donors (Lipinski definition) is 1. The van der Waals surface area contributed by atoms with E-state index in [0.29, 0.717) is 0 Å². The van der Waals surface area contributed by atoms with Crippen molar-refractivity contribution in [3.8, 4) is 0 Å². The van der Waals surface area contributed by atoms with Crippen LogP contribution in [-0.4, -0.2) is 11.7 Å². The molecule has 1 nitrogen and oxygen atoms in total. The van der Waals surface area contributed by atoms with E-state index in [9.17, 15) is 9.50 Å². The van der Waals surface area contributed by atoms with Crippen LogP contribution in [0.1, 0.15) is 44.1 Å². The lowest BCUT2D eigenvalue weighted by molar-refractivity contribution is 0.256. The van der Waals surface area contributed by atoms with Crippen LogP contribution in [0, 0.1) is 5.82 Å². The van der Waals surface area contributed by atoms with E-state index in [1.165, 1.54) is 25.0 Å². The minimum atomic E-state index is -0.219. The maximum absolute atomic E-state index is 12.7. The Morgan fingerprint density at radius 3 is 2.40 bits per heavy atom. The van der Waals surface area contributed by atoms with E-state index in [0.717, 1.165) is 18.4 Å². The highest BCUT2D eigenvalue weighted by Crippen LogP contribution is 2.22. The number of halogens is 1. The summed E-state index contributed by atoms with van der Waals surface area (Å²) in [7, 11) is 0. The molecule has 0 aliphatic heterocycles. The van der Waals surface area contributed by atoms with Crippen LogP contribution in [0.5, 0.6) is 0 Å². The summed E-state index contributed by atoms with van der Waals surface area (Å²) in [6.45, 7) is 2.31. The minimum absolute atomic E-state index is 0.148. The van der Waals surface area contributed by atoms with Crippen LogP contribution >= 0.6 is 0 Å². The Morgan fingerprint density at radius 1 is 1.20 bits per heavy atom. The summed E-state index contributed by atoms with van der Waals surface area (Å²) in [6, 6.07) is 6.44. The summed E-state index contributed by atoms with van der Waals surface area (Å²) < 4.78 is 12.7. The molecule has 0 aliphatic rings. The Labute approximate surface area is 90.9 Å². The molecule has 0 heterocycles. The molecule has 1 rings (SSSR count). The first-order chi connectivity index (χ1) is 7.27. The molecule has 0 amide bonds. The number of rotatable bonds is 6. The number of unbranched alkanes of at least 4 members (excludes halogenated alkanes) is 2. The third-order valence-electron chi connectivity index (χ3n) is 2.72. The number of benzene rings is 1. The van der Waals surface area contributed by atoms with Crippen LogP contribution in [0.25, 0.3) is 0 Å². The molecule has 84 valence electrons. The molecule has 0 bridgehead atoms. The van der Waals surface area contributed by atoms with E-state index in [4.69, 9.17) is 0 Å². The number of aliphatic hydroxyl groups is 1. The molecule has 0 aromatic heterocycles. The van der Waals surface area contributed by atoms with Crippen molar-refractivity contribution < 1.29 is 9.50 Å². The fraction of sp³-hybridized carbons (Fsp3) is 0.538. The zero-order valence-electron chi connectivity index (χ0n) is 9.25. The quantitative estimate of drug-likeness (QED) is 0.713. The minimum Gasteiger partial charge on any atom is -0.396 e. The fourth-order valence-electron chi connectivity index (χ4n) is 1.74. The molecule has 0 fully saturated rings. The van der Waals surface area contributed by atoms with Gasteiger partial charge in [-0.15, -0.1) is 0 Å². The maximum atomic E-state index is 12.7. The summed E-state index contributed by atoms with van der Waals surface area (Å²) in [5.74, 6) is -0.0545. The van der Waals surface area contributed by atoms with Crippen molar-refractivity contribution in [3.05, 3.63) is 35.6 Å². The summed E-state index contributed by atoms with van der Waals surface area (Å²) in [5.41, 5.74) is 1.04. The predicted molar refractivity (Wildman–Crippen MR) is 60.4 cm³/mol. The molecular formula is C13H19FO. The largest absolute Gasteiger partial charge is 0.396 e. The van der Waals surface area contributed by atoms with Crippen LogP contribution in [-0.2, 0) is 0 Å². The first kappa shape index (κ1) is 12.2. The highest BCUT2D eigenvalue weighted by molar-refractivity contribution is 5.20. The van der Waals surface area contributed by atoms with Gasteiger partial charge in [0.05, 0.1) is 0 Å². The average molecular weight is 210 g/mol. The van der Waals surface area contributed by atoms with Crippen molar-refractivity contribution in [2.75, 3.05) is 6.61 Å². The van der Waals surface area contributed by atoms with Crippen molar-refractivity contribution in [1.29, 1.82) is 0 Å². The van der Waals surface area contributed by atoms with Gasteiger partial charge in [-0.1, -0.05) is 38.3 Å². The first-order valence-corrected chi connectivity index (χ1v) is 5.64. The Bertz CT molecular complexity index is 268. The van der Waals surface area contributed by atoms with Gasteiger partial charge in [0.2, 0.25) is 0 Å². The lowest BCUT2D eigenvalue weighted by Crippen LogP contribution is -2.04. The van der Waals surface area contributed by atoms with Gasteiger partial charge >= 0.3 is 0 Å². The van der Waals surface area contributed by atoms with Gasteiger partial charge in [0, 0.05) is 12.5 Å². The van der Waals surface area contributed by atoms with Gasteiger partial charge < -0.3 is 5.11 Å². The van der Waals surface area contributed by atoms with Gasteiger partial charge in [-0.05, 0) is 24.1 Å². The first-order valence-electron chi connectivity index (χ1n) is 5.64. The third-order valence-corrected chi connectivity index (χ3v) is 2.72. The molecule has 1 aromatic carbocycles. The summed E-state index contributed by atoms with van der Waals surface area (Å²) in [6.07, 6.45) is 4.48. The van der Waals surface area contributed by atoms with E-state index in [2.05, 4.69) is 6.92 Å². The zero-order valence-corrected chi connectivity index (χ0v) is 9.25. The zero-order chi connectivity index (χ0) is 11.1. The molecule has 0 saturated heterocycles. The monoisotopic (exact) mass is 210 g/mol. The van der Waals surface area contributed by atoms with Gasteiger partial charge in [-0.3, -0.25) is 0 Å². The second kappa shape index (κ2) is 6.57. The Balaban J connectivity index is 2.53. The molecule has 0 saturated carbocycles. The normalized spacial score (nSPS) is 12.7. The summed E-state index contributed by atoms with van der Waals surface area (Å²) in [4.78, 5) is 0. The summed E-state index contributed by atoms with van der Waals surface area (Å²) >= 11 is 0. The van der Waals surface area contributed by atoms with Crippen molar-refractivity contribution >= 4 is 0 Å². The molecule has 1 atom stereocenters. The van der Waals surface area contributed by atoms with E-state index >= 15 is 0 Å². The highest BCUT2D eigenvalue weighted by atomic mass is 19.1. The number of aliphatic hydroxyl groups excluding tert-OH is 1. The van der Waals surface area contributed by atoms with Gasteiger partial charge in [0.25, 0.3) is 0 Å². The fourth-order valence-corrected chi connectivity index (χ4v) is 1.74. The molecule has 2 heteroatoms. The maximum Gasteiger partial charge on any atom is 0.123 e. The van der Waals surface area contributed by atoms with Crippen LogP contribution in [0.15, 0.2) is 24.3 Å². The Kier molecular flexibility index (Phi) is 5.33. The topological polar surface area (TPSA) is 20.2 Å². The lowest BCUT2D eigenvalue weighted by atomic mass is 9.94. The molecule has 1 unspecified atom stereocenters. The van der Waals surface area contributed by atoms with Crippen molar-refractivity contribution in [3.63, 3.8) is 0 Å². The molecule has 0 spiro atoms. The van der Waals surface area contributed by atoms with Gasteiger partial charge in [0.1, 0.15) is 5.82 Å². The van der Waals surface area contributed by atoms with Gasteiger partial charge in [-0.2, -0.15) is 0 Å². The van der Waals surface area contributed by atoms with Crippen LogP contribution in [0.4, 0.5) is 4.39 Å². The SMILES string of the molecule is CCCCCC(CO)c1ccc(F)cc1. The van der Waals surface area contributed by atoms with Crippen molar-refractivity contribution in [1.82, 2.24) is 0 Å². The van der Waals surface area contributed by atoms with E-state index in [1.54, 1.807) is 12.1 Å². The average Bonchev–Trinajstić information content (AvgIpc) is 2.26. The second-order valence-corrected chi connectivity index (χ2v) is 3.93. The lowest BCUT2D eigenvalue weighted by Gasteiger charge is -2.14. The smallest absolute Gasteiger partial charge is 0.123 e. The second-order valence-electron chi connectivity index (χ2n) is 3.93. The predicted octanol–water partition coefficient (Wildman–Crippen LogP) is 3.48. The van der Waals surface area contributed by atoms with Crippen LogP contribution < -0.4 is 0 Å². The van der Waals surface area contributed by atoms with Gasteiger partial charge in [-0.25, -0.2) is 4.39 Å². The van der Waals surface area contributed by atoms with E-state index in [-0.39, 0.29) is 18.3 Å². The van der Waals surface area contributed by atoms with E-state index in [1.807, 2.05) is 0 Å². The third kappa shape index (κ3) is 4.00. The Hall–Kier alpha value is -0.890. The highest BCUT2D eigenvalue weighted by Gasteiger charge is 2.09. The molecule has 15 heavy (non-hydrogen) atoms. The van der Waals surface area contributed by atoms with E-state index < -0.39 is 0 Å². The molecule has 0 aliphatic carbocycles. The van der Waals surface area contributed by atoms with Crippen molar-refractivity contribution in [2.24, 2.45) is 0 Å². The summed E-state index contributed by atoms with van der Waals surface area (Å²) in [5, 5.41) is 9.25.